The van der Waals surface area contributed by atoms with Gasteiger partial charge in [0.25, 0.3) is 11.8 Å². The Labute approximate surface area is 126 Å². The lowest BCUT2D eigenvalue weighted by Gasteiger charge is -2.17. The van der Waals surface area contributed by atoms with Crippen molar-refractivity contribution in [3.63, 3.8) is 0 Å². The zero-order valence-corrected chi connectivity index (χ0v) is 13.6. The number of nitro groups is 2. The minimum atomic E-state index is -0.912. The summed E-state index contributed by atoms with van der Waals surface area (Å²) in [5.41, 5.74) is -0.912. The highest BCUT2D eigenvalue weighted by atomic mass is 32.2. The molecule has 8 nitrogen and oxygen atoms in total. The third kappa shape index (κ3) is 3.74. The first-order valence-electron chi connectivity index (χ1n) is 6.20. The average Bonchev–Trinajstić information content (AvgIpc) is 2.85. The molecule has 2 heterocycles. The maximum atomic E-state index is 10.5. The van der Waals surface area contributed by atoms with Crippen molar-refractivity contribution in [3.05, 3.63) is 20.2 Å². The number of nitrogens with zero attached hydrogens (tertiary/aromatic N) is 3. The van der Waals surface area contributed by atoms with Crippen LogP contribution in [0.25, 0.3) is 0 Å². The van der Waals surface area contributed by atoms with Crippen LogP contribution in [0, 0.1) is 26.1 Å². The maximum Gasteiger partial charge on any atom is 0.284 e. The molecule has 2 saturated heterocycles. The Morgan fingerprint density at radius 2 is 1.95 bits per heavy atom. The Morgan fingerprint density at radius 3 is 2.15 bits per heavy atom. The van der Waals surface area contributed by atoms with E-state index in [0.717, 1.165) is 5.75 Å². The van der Waals surface area contributed by atoms with E-state index in [2.05, 4.69) is 5.32 Å². The molecule has 4 unspecified atom stereocenters. The van der Waals surface area contributed by atoms with Crippen LogP contribution in [-0.2, 0) is 0 Å². The molecule has 0 radical (unpaired) electrons. The lowest BCUT2D eigenvalue weighted by Crippen LogP contribution is -2.50. The molecule has 20 heavy (non-hydrogen) atoms. The first kappa shape index (κ1) is 17.5. The summed E-state index contributed by atoms with van der Waals surface area (Å²) in [4.78, 5) is 20.4. The summed E-state index contributed by atoms with van der Waals surface area (Å²) in [7, 11) is 1.77. The summed E-state index contributed by atoms with van der Waals surface area (Å²) >= 11 is 3.11. The van der Waals surface area contributed by atoms with E-state index >= 15 is 0 Å². The van der Waals surface area contributed by atoms with Crippen molar-refractivity contribution in [2.45, 2.75) is 37.8 Å². The van der Waals surface area contributed by atoms with Crippen LogP contribution < -0.4 is 5.32 Å². The first-order valence-corrected chi connectivity index (χ1v) is 8.19. The van der Waals surface area contributed by atoms with Crippen LogP contribution in [0.4, 0.5) is 0 Å². The number of hydrogen-bond acceptors (Lipinski definition) is 8. The van der Waals surface area contributed by atoms with Gasteiger partial charge in [-0.2, -0.15) is 4.31 Å². The van der Waals surface area contributed by atoms with E-state index in [1.165, 1.54) is 11.9 Å². The molecular weight excluding hydrogens is 304 g/mol. The predicted molar refractivity (Wildman–Crippen MR) is 80.6 cm³/mol. The van der Waals surface area contributed by atoms with Crippen LogP contribution in [0.15, 0.2) is 0 Å². The van der Waals surface area contributed by atoms with Crippen LogP contribution in [0.5, 0.6) is 0 Å². The van der Waals surface area contributed by atoms with Crippen LogP contribution in [0.3, 0.4) is 0 Å². The molecule has 10 heteroatoms. The molecule has 0 amide bonds. The van der Waals surface area contributed by atoms with Crippen molar-refractivity contribution in [1.29, 1.82) is 0 Å². The third-order valence-electron chi connectivity index (χ3n) is 3.57. The molecular formula is C10H20N4O4S2. The monoisotopic (exact) mass is 324 g/mol. The number of nitrogens with one attached hydrogen (secondary N) is 1. The maximum absolute atomic E-state index is 10.5. The summed E-state index contributed by atoms with van der Waals surface area (Å²) in [5, 5.41) is 23.7. The summed E-state index contributed by atoms with van der Waals surface area (Å²) in [6, 6.07) is 0. The molecule has 116 valence electrons. The van der Waals surface area contributed by atoms with Gasteiger partial charge in [0.05, 0.1) is 5.25 Å². The molecule has 2 aliphatic heterocycles. The van der Waals surface area contributed by atoms with Gasteiger partial charge in [0.1, 0.15) is 0 Å². The fourth-order valence-electron chi connectivity index (χ4n) is 1.93. The Kier molecular flexibility index (Phi) is 6.05. The van der Waals surface area contributed by atoms with Crippen LogP contribution >= 0.6 is 23.7 Å². The van der Waals surface area contributed by atoms with Crippen LogP contribution in [-0.4, -0.2) is 49.9 Å². The molecule has 2 fully saturated rings. The van der Waals surface area contributed by atoms with Crippen molar-refractivity contribution >= 4 is 23.7 Å². The lowest BCUT2D eigenvalue weighted by molar-refractivity contribution is -0.569. The summed E-state index contributed by atoms with van der Waals surface area (Å²) < 4.78 is 1.71. The van der Waals surface area contributed by atoms with Crippen molar-refractivity contribution in [2.24, 2.45) is 5.92 Å². The van der Waals surface area contributed by atoms with Gasteiger partial charge in [-0.25, -0.2) is 5.32 Å². The Hall–Kier alpha value is -0.580. The number of thioether (sulfide) groups is 1. The van der Waals surface area contributed by atoms with E-state index in [-0.39, 0.29) is 21.0 Å². The van der Waals surface area contributed by atoms with E-state index in [1.807, 2.05) is 13.8 Å². The topological polar surface area (TPSA) is 102 Å². The standard InChI is InChI=1S/2C5H10N2O2S/c1-4-5(2,7(8)9)6-3-10-4;1-4-3-10-6(2)5(4)7(8)9/h4,6H,3H2,1-2H3;4-5H,3H2,1-2H3. The average molecular weight is 324 g/mol. The largest absolute Gasteiger partial charge is 0.284 e. The minimum absolute atomic E-state index is 0.0579. The van der Waals surface area contributed by atoms with E-state index in [9.17, 15) is 20.2 Å². The summed E-state index contributed by atoms with van der Waals surface area (Å²) in [6.45, 7) is 5.40. The van der Waals surface area contributed by atoms with Gasteiger partial charge in [-0.15, -0.1) is 11.8 Å². The SMILES string of the molecule is CC1CSN(C)C1[N+](=O)[O-].CC1SCNC1(C)[N+](=O)[O-]. The quantitative estimate of drug-likeness (QED) is 0.463. The second-order valence-electron chi connectivity index (χ2n) is 5.05. The zero-order chi connectivity index (χ0) is 15.5. The molecule has 2 rings (SSSR count). The van der Waals surface area contributed by atoms with Gasteiger partial charge < -0.3 is 0 Å². The van der Waals surface area contributed by atoms with Crippen LogP contribution in [0.2, 0.25) is 0 Å². The van der Waals surface area contributed by atoms with Crippen molar-refractivity contribution in [1.82, 2.24) is 9.62 Å². The lowest BCUT2D eigenvalue weighted by atomic mass is 10.1. The first-order chi connectivity index (χ1) is 9.20. The van der Waals surface area contributed by atoms with E-state index in [1.54, 1.807) is 30.0 Å². The molecule has 0 bridgehead atoms. The molecule has 1 N–H and O–H groups in total. The van der Waals surface area contributed by atoms with Gasteiger partial charge in [0.2, 0.25) is 0 Å². The molecule has 0 spiro atoms. The predicted octanol–water partition coefficient (Wildman–Crippen LogP) is 1.48. The highest BCUT2D eigenvalue weighted by Crippen LogP contribution is 2.30. The van der Waals surface area contributed by atoms with E-state index < -0.39 is 11.8 Å². The molecule has 0 aliphatic carbocycles. The smallest absolute Gasteiger partial charge is 0.263 e. The van der Waals surface area contributed by atoms with Crippen LogP contribution in [0.1, 0.15) is 20.8 Å². The minimum Gasteiger partial charge on any atom is -0.263 e. The molecule has 0 aromatic rings. The summed E-state index contributed by atoms with van der Waals surface area (Å²) in [5.74, 6) is 1.71. The highest BCUT2D eigenvalue weighted by Gasteiger charge is 2.47. The molecule has 0 aromatic heterocycles. The molecule has 4 atom stereocenters. The number of hydrogen-bond donors (Lipinski definition) is 1. The molecule has 2 aliphatic rings. The van der Waals surface area contributed by atoms with E-state index in [4.69, 9.17) is 0 Å². The summed E-state index contributed by atoms with van der Waals surface area (Å²) in [6.07, 6.45) is -0.481. The second kappa shape index (κ2) is 6.92. The Morgan fingerprint density at radius 1 is 1.35 bits per heavy atom. The van der Waals surface area contributed by atoms with Gasteiger partial charge in [0.15, 0.2) is 0 Å². The molecule has 0 aromatic carbocycles. The Bertz CT molecular complexity index is 376. The normalized spacial score (nSPS) is 37.3. The fourth-order valence-corrected chi connectivity index (χ4v) is 4.13. The number of rotatable bonds is 2. The van der Waals surface area contributed by atoms with Crippen molar-refractivity contribution < 1.29 is 9.85 Å². The highest BCUT2D eigenvalue weighted by molar-refractivity contribution is 8.00. The second-order valence-corrected chi connectivity index (χ2v) is 7.55. The van der Waals surface area contributed by atoms with Gasteiger partial charge in [-0.3, -0.25) is 20.2 Å². The fraction of sp³-hybridized carbons (Fsp3) is 1.00. The molecule has 0 saturated carbocycles. The van der Waals surface area contributed by atoms with Gasteiger partial charge in [0, 0.05) is 41.4 Å². The third-order valence-corrected chi connectivity index (χ3v) is 6.14. The van der Waals surface area contributed by atoms with Gasteiger partial charge in [-0.05, 0) is 6.92 Å². The van der Waals surface area contributed by atoms with Crippen molar-refractivity contribution in [3.8, 4) is 0 Å². The Balaban J connectivity index is 0.000000200. The van der Waals surface area contributed by atoms with Gasteiger partial charge >= 0.3 is 0 Å². The van der Waals surface area contributed by atoms with E-state index in [0.29, 0.717) is 5.88 Å². The van der Waals surface area contributed by atoms with Crippen molar-refractivity contribution in [2.75, 3.05) is 18.7 Å². The zero-order valence-electron chi connectivity index (χ0n) is 11.9. The van der Waals surface area contributed by atoms with Gasteiger partial charge in [-0.1, -0.05) is 18.9 Å².